The van der Waals surface area contributed by atoms with Crippen LogP contribution in [0.15, 0.2) is 48.5 Å². The molecule has 0 bridgehead atoms. The number of likely N-dealkylation sites (tertiary alicyclic amines) is 1. The Morgan fingerprint density at radius 1 is 1.06 bits per heavy atom. The fourth-order valence-electron chi connectivity index (χ4n) is 5.50. The van der Waals surface area contributed by atoms with E-state index in [1.165, 1.54) is 4.90 Å². The lowest BCUT2D eigenvalue weighted by Gasteiger charge is -2.41. The summed E-state index contributed by atoms with van der Waals surface area (Å²) in [7, 11) is 3.87. The Bertz CT molecular complexity index is 1110. The van der Waals surface area contributed by atoms with Crippen LogP contribution in [0, 0.1) is 19.8 Å². The zero-order valence-corrected chi connectivity index (χ0v) is 21.9. The molecule has 7 nitrogen and oxygen atoms in total. The summed E-state index contributed by atoms with van der Waals surface area (Å²) in [5.41, 5.74) is 2.99. The van der Waals surface area contributed by atoms with E-state index in [2.05, 4.69) is 17.4 Å². The molecule has 4 rings (SSSR count). The molecule has 2 aromatic carbocycles. The molecule has 2 aromatic rings. The van der Waals surface area contributed by atoms with Gasteiger partial charge in [0.2, 0.25) is 0 Å². The van der Waals surface area contributed by atoms with Crippen molar-refractivity contribution >= 4 is 17.8 Å². The molecule has 2 fully saturated rings. The minimum Gasteiger partial charge on any atom is -0.339 e. The van der Waals surface area contributed by atoms with Crippen LogP contribution in [-0.4, -0.2) is 78.4 Å². The molecule has 2 saturated heterocycles. The SMILES string of the molecule is Cc1ccc(C)c(C(=O)N2CCC(C3(CCc4ccccc4)NC(=O)N(CCN(C)C)C3=O)CC2)c1. The lowest BCUT2D eigenvalue weighted by atomic mass is 9.74. The number of amides is 4. The van der Waals surface area contributed by atoms with E-state index in [1.807, 2.05) is 74.1 Å². The molecule has 1 N–H and O–H groups in total. The van der Waals surface area contributed by atoms with E-state index >= 15 is 0 Å². The van der Waals surface area contributed by atoms with Crippen LogP contribution in [-0.2, 0) is 11.2 Å². The van der Waals surface area contributed by atoms with Gasteiger partial charge in [0.25, 0.3) is 11.8 Å². The number of urea groups is 1. The molecule has 0 saturated carbocycles. The van der Waals surface area contributed by atoms with E-state index in [0.29, 0.717) is 51.9 Å². The quantitative estimate of drug-likeness (QED) is 0.574. The number of nitrogens with one attached hydrogen (secondary N) is 1. The van der Waals surface area contributed by atoms with Crippen LogP contribution in [0.25, 0.3) is 0 Å². The number of carbonyl (C=O) groups excluding carboxylic acids is 3. The van der Waals surface area contributed by atoms with Crippen molar-refractivity contribution in [2.45, 2.75) is 45.1 Å². The lowest BCUT2D eigenvalue weighted by Crippen LogP contribution is -2.57. The number of nitrogens with zero attached hydrogens (tertiary/aromatic N) is 3. The maximum absolute atomic E-state index is 13.8. The molecule has 0 radical (unpaired) electrons. The summed E-state index contributed by atoms with van der Waals surface area (Å²) in [6.45, 7) is 6.10. The monoisotopic (exact) mass is 490 g/mol. The van der Waals surface area contributed by atoms with Gasteiger partial charge in [0.05, 0.1) is 0 Å². The molecule has 2 aliphatic heterocycles. The average Bonchev–Trinajstić information content (AvgIpc) is 3.12. The van der Waals surface area contributed by atoms with E-state index in [0.717, 1.165) is 22.3 Å². The first-order chi connectivity index (χ1) is 17.2. The second-order valence-corrected chi connectivity index (χ2v) is 10.5. The van der Waals surface area contributed by atoms with Crippen molar-refractivity contribution in [3.63, 3.8) is 0 Å². The average molecular weight is 491 g/mol. The summed E-state index contributed by atoms with van der Waals surface area (Å²) in [5.74, 6) is -0.100. The van der Waals surface area contributed by atoms with Gasteiger partial charge in [-0.25, -0.2) is 4.79 Å². The summed E-state index contributed by atoms with van der Waals surface area (Å²) in [5, 5.41) is 3.14. The highest BCUT2D eigenvalue weighted by molar-refractivity contribution is 6.07. The summed E-state index contributed by atoms with van der Waals surface area (Å²) in [6.07, 6.45) is 2.61. The van der Waals surface area contributed by atoms with E-state index in [9.17, 15) is 14.4 Å². The fourth-order valence-corrected chi connectivity index (χ4v) is 5.50. The van der Waals surface area contributed by atoms with E-state index in [-0.39, 0.29) is 23.8 Å². The van der Waals surface area contributed by atoms with Gasteiger partial charge >= 0.3 is 6.03 Å². The first kappa shape index (κ1) is 25.9. The normalized spacial score (nSPS) is 20.8. The van der Waals surface area contributed by atoms with Gasteiger partial charge in [-0.3, -0.25) is 14.5 Å². The van der Waals surface area contributed by atoms with E-state index in [4.69, 9.17) is 0 Å². The number of carbonyl (C=O) groups is 3. The third-order valence-corrected chi connectivity index (χ3v) is 7.73. The number of hydrogen-bond acceptors (Lipinski definition) is 4. The molecule has 2 heterocycles. The number of rotatable bonds is 8. The second kappa shape index (κ2) is 10.8. The van der Waals surface area contributed by atoms with Gasteiger partial charge in [-0.05, 0) is 76.7 Å². The van der Waals surface area contributed by atoms with Crippen LogP contribution in [0.1, 0.15) is 46.3 Å². The topological polar surface area (TPSA) is 73.0 Å². The zero-order chi connectivity index (χ0) is 25.9. The predicted molar refractivity (Wildman–Crippen MR) is 141 cm³/mol. The van der Waals surface area contributed by atoms with Crippen LogP contribution >= 0.6 is 0 Å². The van der Waals surface area contributed by atoms with Gasteiger partial charge in [0, 0.05) is 31.7 Å². The van der Waals surface area contributed by atoms with Gasteiger partial charge < -0.3 is 15.1 Å². The highest BCUT2D eigenvalue weighted by atomic mass is 16.2. The van der Waals surface area contributed by atoms with Crippen molar-refractivity contribution in [1.82, 2.24) is 20.0 Å². The molecule has 1 unspecified atom stereocenters. The Morgan fingerprint density at radius 3 is 2.42 bits per heavy atom. The third kappa shape index (κ3) is 5.31. The highest BCUT2D eigenvalue weighted by Crippen LogP contribution is 2.37. The smallest absolute Gasteiger partial charge is 0.325 e. The molecule has 7 heteroatoms. The van der Waals surface area contributed by atoms with Gasteiger partial charge in [0.15, 0.2) is 0 Å². The molecular formula is C29H38N4O3. The first-order valence-electron chi connectivity index (χ1n) is 12.9. The number of piperidine rings is 1. The number of aryl methyl sites for hydroxylation is 3. The molecule has 2 aliphatic rings. The van der Waals surface area contributed by atoms with Crippen LogP contribution in [0.3, 0.4) is 0 Å². The first-order valence-corrected chi connectivity index (χ1v) is 12.9. The molecule has 36 heavy (non-hydrogen) atoms. The molecule has 0 spiro atoms. The van der Waals surface area contributed by atoms with E-state index in [1.54, 1.807) is 0 Å². The van der Waals surface area contributed by atoms with Crippen molar-refractivity contribution in [3.8, 4) is 0 Å². The number of hydrogen-bond donors (Lipinski definition) is 1. The Labute approximate surface area is 214 Å². The van der Waals surface area contributed by atoms with Crippen molar-refractivity contribution < 1.29 is 14.4 Å². The molecule has 192 valence electrons. The van der Waals surface area contributed by atoms with Crippen LogP contribution in [0.2, 0.25) is 0 Å². The minimum absolute atomic E-state index is 0.0234. The Balaban J connectivity index is 1.52. The van der Waals surface area contributed by atoms with E-state index < -0.39 is 5.54 Å². The summed E-state index contributed by atoms with van der Waals surface area (Å²) in [4.78, 5) is 45.4. The molecule has 1 atom stereocenters. The maximum Gasteiger partial charge on any atom is 0.325 e. The number of likely N-dealkylation sites (N-methyl/N-ethyl adjacent to an activating group) is 1. The summed E-state index contributed by atoms with van der Waals surface area (Å²) < 4.78 is 0. The van der Waals surface area contributed by atoms with Crippen molar-refractivity contribution in [3.05, 3.63) is 70.8 Å². The highest BCUT2D eigenvalue weighted by Gasteiger charge is 2.55. The van der Waals surface area contributed by atoms with Gasteiger partial charge in [-0.2, -0.15) is 0 Å². The Hall–Kier alpha value is -3.19. The van der Waals surface area contributed by atoms with Crippen LogP contribution in [0.4, 0.5) is 4.79 Å². The van der Waals surface area contributed by atoms with Gasteiger partial charge in [-0.1, -0.05) is 48.0 Å². The minimum atomic E-state index is -0.937. The number of benzene rings is 2. The van der Waals surface area contributed by atoms with Crippen LogP contribution < -0.4 is 5.32 Å². The Kier molecular flexibility index (Phi) is 7.79. The van der Waals surface area contributed by atoms with Crippen molar-refractivity contribution in [2.24, 2.45) is 5.92 Å². The number of imide groups is 1. The van der Waals surface area contributed by atoms with Crippen molar-refractivity contribution in [2.75, 3.05) is 40.3 Å². The Morgan fingerprint density at radius 2 is 1.75 bits per heavy atom. The maximum atomic E-state index is 13.8. The van der Waals surface area contributed by atoms with Crippen LogP contribution in [0.5, 0.6) is 0 Å². The lowest BCUT2D eigenvalue weighted by molar-refractivity contribution is -0.134. The zero-order valence-electron chi connectivity index (χ0n) is 21.9. The molecule has 0 aliphatic carbocycles. The summed E-state index contributed by atoms with van der Waals surface area (Å²) >= 11 is 0. The predicted octanol–water partition coefficient (Wildman–Crippen LogP) is 3.64. The van der Waals surface area contributed by atoms with Gasteiger partial charge in [0.1, 0.15) is 5.54 Å². The second-order valence-electron chi connectivity index (χ2n) is 10.5. The standard InChI is InChI=1S/C29H38N4O3/c1-21-10-11-22(2)25(20-21)26(34)32-16-13-24(14-17-32)29(15-12-23-8-6-5-7-9-23)27(35)33(28(36)30-29)19-18-31(3)4/h5-11,20,24H,12-19H2,1-4H3,(H,30,36). The van der Waals surface area contributed by atoms with Gasteiger partial charge in [-0.15, -0.1) is 0 Å². The summed E-state index contributed by atoms with van der Waals surface area (Å²) in [6, 6.07) is 15.8. The fraction of sp³-hybridized carbons (Fsp3) is 0.483. The molecule has 0 aromatic heterocycles. The largest absolute Gasteiger partial charge is 0.339 e. The molecular weight excluding hydrogens is 452 g/mol. The third-order valence-electron chi connectivity index (χ3n) is 7.73. The van der Waals surface area contributed by atoms with Crippen molar-refractivity contribution in [1.29, 1.82) is 0 Å². The molecule has 4 amide bonds.